The zero-order valence-corrected chi connectivity index (χ0v) is 9.95. The Balaban J connectivity index is 4.24. The summed E-state index contributed by atoms with van der Waals surface area (Å²) in [5.74, 6) is 0.513. The molecule has 7 nitrogen and oxygen atoms in total. The second-order valence-electron chi connectivity index (χ2n) is 3.50. The largest absolute Gasteiger partial charge is 0.463 e. The lowest BCUT2D eigenvalue weighted by atomic mass is 10.2. The van der Waals surface area contributed by atoms with Crippen LogP contribution >= 0.6 is 0 Å². The van der Waals surface area contributed by atoms with E-state index in [1.807, 2.05) is 0 Å². The van der Waals surface area contributed by atoms with Gasteiger partial charge in [0.25, 0.3) is 0 Å². The van der Waals surface area contributed by atoms with E-state index in [-0.39, 0.29) is 11.5 Å². The van der Waals surface area contributed by atoms with Crippen LogP contribution in [0.1, 0.15) is 13.8 Å². The van der Waals surface area contributed by atoms with Gasteiger partial charge in [-0.05, 0) is 13.8 Å². The third-order valence-electron chi connectivity index (χ3n) is 1.95. The lowest BCUT2D eigenvalue weighted by Crippen LogP contribution is -2.40. The topological polar surface area (TPSA) is 119 Å². The molecule has 0 heterocycles. The van der Waals surface area contributed by atoms with Crippen molar-refractivity contribution in [3.8, 4) is 0 Å². The van der Waals surface area contributed by atoms with Crippen molar-refractivity contribution in [3.05, 3.63) is 24.7 Å². The van der Waals surface area contributed by atoms with Gasteiger partial charge in [-0.15, -0.1) is 0 Å². The third kappa shape index (κ3) is 6.08. The van der Waals surface area contributed by atoms with Crippen LogP contribution in [0.3, 0.4) is 0 Å². The van der Waals surface area contributed by atoms with Gasteiger partial charge in [-0.25, -0.2) is 9.59 Å². The van der Waals surface area contributed by atoms with E-state index in [9.17, 15) is 9.59 Å². The monoisotopic (exact) mass is 242 g/mol. The van der Waals surface area contributed by atoms with E-state index in [2.05, 4.69) is 23.8 Å². The van der Waals surface area contributed by atoms with Crippen LogP contribution in [0.4, 0.5) is 9.59 Å². The van der Waals surface area contributed by atoms with Gasteiger partial charge in [-0.2, -0.15) is 0 Å². The maximum Gasteiger partial charge on any atom is 0.312 e. The summed E-state index contributed by atoms with van der Waals surface area (Å²) in [5.41, 5.74) is 9.89. The molecular weight excluding hydrogens is 224 g/mol. The van der Waals surface area contributed by atoms with Gasteiger partial charge in [0.2, 0.25) is 0 Å². The minimum atomic E-state index is -0.684. The first-order valence-electron chi connectivity index (χ1n) is 4.91. The molecule has 0 aromatic carbocycles. The Morgan fingerprint density at radius 3 is 1.53 bits per heavy atom. The van der Waals surface area contributed by atoms with Crippen LogP contribution in [0.15, 0.2) is 24.7 Å². The van der Waals surface area contributed by atoms with Crippen LogP contribution in [0.5, 0.6) is 0 Å². The van der Waals surface area contributed by atoms with E-state index in [0.29, 0.717) is 0 Å². The number of amides is 4. The van der Waals surface area contributed by atoms with Crippen LogP contribution in [0.2, 0.25) is 0 Å². The zero-order chi connectivity index (χ0) is 13.6. The summed E-state index contributed by atoms with van der Waals surface area (Å²) < 4.78 is 5.25. The van der Waals surface area contributed by atoms with Gasteiger partial charge >= 0.3 is 12.1 Å². The highest BCUT2D eigenvalue weighted by Gasteiger charge is 2.15. The first kappa shape index (κ1) is 14.8. The van der Waals surface area contributed by atoms with E-state index >= 15 is 0 Å². The normalized spacial score (nSPS) is 13.1. The van der Waals surface area contributed by atoms with Crippen molar-refractivity contribution in [2.45, 2.75) is 25.9 Å². The number of primary amides is 2. The highest BCUT2D eigenvalue weighted by atomic mass is 16.5. The quantitative estimate of drug-likeness (QED) is 0.496. The molecule has 0 bridgehead atoms. The standard InChI is InChI=1S/C10H18N4O3/c1-5(13-9(11)15)7(3)17-8(4)6(2)14-10(12)16/h5-6H,3-4H2,1-2H3,(H3,11,13,15)(H3,12,14,16). The van der Waals surface area contributed by atoms with Gasteiger partial charge in [-0.3, -0.25) is 0 Å². The van der Waals surface area contributed by atoms with E-state index in [0.717, 1.165) is 0 Å². The van der Waals surface area contributed by atoms with Gasteiger partial charge in [0.05, 0.1) is 12.1 Å². The molecule has 0 saturated carbocycles. The Labute approximate surface area is 99.9 Å². The molecule has 2 atom stereocenters. The molecule has 0 aliphatic heterocycles. The van der Waals surface area contributed by atoms with Crippen LogP contribution in [-0.4, -0.2) is 24.1 Å². The summed E-state index contributed by atoms with van der Waals surface area (Å²) >= 11 is 0. The van der Waals surface area contributed by atoms with Gasteiger partial charge in [-0.1, -0.05) is 13.2 Å². The Bertz CT molecular complexity index is 308. The van der Waals surface area contributed by atoms with Gasteiger partial charge in [0, 0.05) is 0 Å². The summed E-state index contributed by atoms with van der Waals surface area (Å²) in [6, 6.07) is -2.30. The summed E-state index contributed by atoms with van der Waals surface area (Å²) in [5, 5.41) is 4.78. The highest BCUT2D eigenvalue weighted by Crippen LogP contribution is 2.10. The summed E-state index contributed by atoms with van der Waals surface area (Å²) in [6.07, 6.45) is 0. The van der Waals surface area contributed by atoms with Crippen molar-refractivity contribution in [2.24, 2.45) is 11.5 Å². The minimum absolute atomic E-state index is 0.256. The van der Waals surface area contributed by atoms with Gasteiger partial charge < -0.3 is 26.8 Å². The van der Waals surface area contributed by atoms with E-state index in [4.69, 9.17) is 16.2 Å². The molecule has 0 radical (unpaired) electrons. The average Bonchev–Trinajstić information content (AvgIpc) is 2.15. The summed E-state index contributed by atoms with van der Waals surface area (Å²) in [4.78, 5) is 21.2. The molecule has 7 heteroatoms. The Morgan fingerprint density at radius 1 is 1.00 bits per heavy atom. The van der Waals surface area contributed by atoms with E-state index in [1.54, 1.807) is 13.8 Å². The average molecular weight is 242 g/mol. The maximum absolute atomic E-state index is 10.6. The Morgan fingerprint density at radius 2 is 1.29 bits per heavy atom. The molecule has 17 heavy (non-hydrogen) atoms. The van der Waals surface area contributed by atoms with E-state index in [1.165, 1.54) is 0 Å². The fourth-order valence-corrected chi connectivity index (χ4v) is 0.933. The Hall–Kier alpha value is -2.18. The molecule has 0 aliphatic rings. The fourth-order valence-electron chi connectivity index (χ4n) is 0.933. The predicted octanol–water partition coefficient (Wildman–Crippen LogP) is 0.144. The van der Waals surface area contributed by atoms with Crippen LogP contribution < -0.4 is 22.1 Å². The number of nitrogens with one attached hydrogen (secondary N) is 2. The number of rotatable bonds is 6. The molecule has 4 amide bonds. The Kier molecular flexibility index (Phi) is 5.59. The highest BCUT2D eigenvalue weighted by molar-refractivity contribution is 5.72. The lowest BCUT2D eigenvalue weighted by molar-refractivity contribution is 0.223. The molecule has 0 rings (SSSR count). The van der Waals surface area contributed by atoms with Crippen molar-refractivity contribution in [2.75, 3.05) is 0 Å². The first-order valence-corrected chi connectivity index (χ1v) is 4.91. The zero-order valence-electron chi connectivity index (χ0n) is 9.95. The smallest absolute Gasteiger partial charge is 0.312 e. The van der Waals surface area contributed by atoms with Crippen molar-refractivity contribution >= 4 is 12.1 Å². The SMILES string of the molecule is C=C(OC(=C)C(C)NC(N)=O)C(C)NC(N)=O. The predicted molar refractivity (Wildman–Crippen MR) is 63.7 cm³/mol. The third-order valence-corrected chi connectivity index (χ3v) is 1.95. The molecule has 6 N–H and O–H groups in total. The number of nitrogens with two attached hydrogens (primary N) is 2. The maximum atomic E-state index is 10.6. The van der Waals surface area contributed by atoms with Gasteiger partial charge in [0.1, 0.15) is 11.5 Å². The first-order chi connectivity index (χ1) is 7.73. The molecule has 0 aliphatic carbocycles. The summed E-state index contributed by atoms with van der Waals surface area (Å²) in [6.45, 7) is 10.5. The number of carbonyl (C=O) groups is 2. The second kappa shape index (κ2) is 6.41. The van der Waals surface area contributed by atoms with Crippen molar-refractivity contribution in [3.63, 3.8) is 0 Å². The van der Waals surface area contributed by atoms with Crippen LogP contribution in [0, 0.1) is 0 Å². The number of carbonyl (C=O) groups excluding carboxylic acids is 2. The molecule has 96 valence electrons. The fraction of sp³-hybridized carbons (Fsp3) is 0.400. The molecule has 0 spiro atoms. The van der Waals surface area contributed by atoms with Crippen molar-refractivity contribution in [1.82, 2.24) is 10.6 Å². The number of ether oxygens (including phenoxy) is 1. The molecule has 0 saturated heterocycles. The number of hydrogen-bond acceptors (Lipinski definition) is 3. The minimum Gasteiger partial charge on any atom is -0.463 e. The van der Waals surface area contributed by atoms with Crippen LogP contribution in [-0.2, 0) is 4.74 Å². The number of hydrogen-bond donors (Lipinski definition) is 4. The van der Waals surface area contributed by atoms with Crippen LogP contribution in [0.25, 0.3) is 0 Å². The number of urea groups is 2. The van der Waals surface area contributed by atoms with E-state index < -0.39 is 24.1 Å². The summed E-state index contributed by atoms with van der Waals surface area (Å²) in [7, 11) is 0. The van der Waals surface area contributed by atoms with Gasteiger partial charge in [0.15, 0.2) is 0 Å². The molecule has 2 unspecified atom stereocenters. The van der Waals surface area contributed by atoms with Crippen molar-refractivity contribution < 1.29 is 14.3 Å². The second-order valence-corrected chi connectivity index (χ2v) is 3.50. The lowest BCUT2D eigenvalue weighted by Gasteiger charge is -2.20. The molecule has 0 aromatic rings. The van der Waals surface area contributed by atoms with Crippen molar-refractivity contribution in [1.29, 1.82) is 0 Å². The molecule has 0 fully saturated rings. The molecule has 0 aromatic heterocycles. The molecular formula is C10H18N4O3.